The van der Waals surface area contributed by atoms with E-state index in [1.807, 2.05) is 13.1 Å². The summed E-state index contributed by atoms with van der Waals surface area (Å²) in [4.78, 5) is 10.1. The van der Waals surface area contributed by atoms with Crippen molar-refractivity contribution >= 4 is 5.69 Å². The third-order valence-corrected chi connectivity index (χ3v) is 2.74. The molecule has 0 fully saturated rings. The maximum Gasteiger partial charge on any atom is 0.269 e. The molecule has 1 aromatic heterocycles. The highest BCUT2D eigenvalue weighted by Gasteiger charge is 2.08. The fourth-order valence-electron chi connectivity index (χ4n) is 1.76. The predicted molar refractivity (Wildman–Crippen MR) is 67.7 cm³/mol. The maximum absolute atomic E-state index is 10.6. The normalized spacial score (nSPS) is 10.6. The van der Waals surface area contributed by atoms with Gasteiger partial charge in [-0.3, -0.25) is 10.1 Å². The van der Waals surface area contributed by atoms with E-state index in [1.165, 1.54) is 12.1 Å². The van der Waals surface area contributed by atoms with Crippen molar-refractivity contribution in [2.45, 2.75) is 13.3 Å². The van der Waals surface area contributed by atoms with Crippen LogP contribution in [0, 0.1) is 17.0 Å². The molecule has 0 saturated carbocycles. The molecule has 0 amide bonds. The fraction of sp³-hybridized carbons (Fsp3) is 0.250. The summed E-state index contributed by atoms with van der Waals surface area (Å²) in [5.41, 5.74) is 8.41. The topological polar surface area (TPSA) is 87.0 Å². The van der Waals surface area contributed by atoms with Gasteiger partial charge in [0.15, 0.2) is 0 Å². The molecule has 0 atom stereocenters. The van der Waals surface area contributed by atoms with Gasteiger partial charge in [-0.2, -0.15) is 5.10 Å². The van der Waals surface area contributed by atoms with Crippen LogP contribution in [0.2, 0.25) is 0 Å². The van der Waals surface area contributed by atoms with Gasteiger partial charge < -0.3 is 5.73 Å². The highest BCUT2D eigenvalue weighted by molar-refractivity contribution is 5.41. The lowest BCUT2D eigenvalue weighted by Crippen LogP contribution is -2.02. The molecule has 2 rings (SSSR count). The fourth-order valence-corrected chi connectivity index (χ4v) is 1.76. The summed E-state index contributed by atoms with van der Waals surface area (Å²) in [5, 5.41) is 14.9. The van der Waals surface area contributed by atoms with Gasteiger partial charge in [-0.15, -0.1) is 0 Å². The van der Waals surface area contributed by atoms with E-state index in [0.29, 0.717) is 6.54 Å². The SMILES string of the molecule is Cc1nn(-c2ccc([N+](=O)[O-])cc2)cc1CCN. The number of nitrogens with zero attached hydrogens (tertiary/aromatic N) is 3. The molecule has 18 heavy (non-hydrogen) atoms. The van der Waals surface area contributed by atoms with Crippen molar-refractivity contribution in [2.24, 2.45) is 5.73 Å². The van der Waals surface area contributed by atoms with E-state index in [4.69, 9.17) is 5.73 Å². The maximum atomic E-state index is 10.6. The van der Waals surface area contributed by atoms with Gasteiger partial charge in [0.2, 0.25) is 0 Å². The van der Waals surface area contributed by atoms with Crippen LogP contribution in [0.5, 0.6) is 0 Å². The van der Waals surface area contributed by atoms with Gasteiger partial charge in [-0.25, -0.2) is 4.68 Å². The Hall–Kier alpha value is -2.21. The van der Waals surface area contributed by atoms with Crippen LogP contribution in [0.3, 0.4) is 0 Å². The zero-order valence-corrected chi connectivity index (χ0v) is 10.0. The summed E-state index contributed by atoms with van der Waals surface area (Å²) < 4.78 is 1.71. The third kappa shape index (κ3) is 2.38. The lowest BCUT2D eigenvalue weighted by molar-refractivity contribution is -0.384. The average molecular weight is 246 g/mol. The molecule has 6 nitrogen and oxygen atoms in total. The van der Waals surface area contributed by atoms with Crippen molar-refractivity contribution in [2.75, 3.05) is 6.54 Å². The van der Waals surface area contributed by atoms with Gasteiger partial charge in [0.1, 0.15) is 0 Å². The van der Waals surface area contributed by atoms with Crippen molar-refractivity contribution < 1.29 is 4.92 Å². The number of nitrogens with two attached hydrogens (primary N) is 1. The first-order valence-electron chi connectivity index (χ1n) is 5.62. The lowest BCUT2D eigenvalue weighted by Gasteiger charge is -2.00. The van der Waals surface area contributed by atoms with Gasteiger partial charge >= 0.3 is 0 Å². The Bertz CT molecular complexity index is 560. The van der Waals surface area contributed by atoms with Gasteiger partial charge in [0, 0.05) is 18.3 Å². The molecule has 0 bridgehead atoms. The van der Waals surface area contributed by atoms with E-state index in [9.17, 15) is 10.1 Å². The first-order chi connectivity index (χ1) is 8.61. The molecule has 0 radical (unpaired) electrons. The van der Waals surface area contributed by atoms with E-state index < -0.39 is 4.92 Å². The van der Waals surface area contributed by atoms with Crippen molar-refractivity contribution in [3.63, 3.8) is 0 Å². The van der Waals surface area contributed by atoms with Crippen LogP contribution < -0.4 is 5.73 Å². The van der Waals surface area contributed by atoms with Crippen LogP contribution in [-0.4, -0.2) is 21.2 Å². The summed E-state index contributed by atoms with van der Waals surface area (Å²) in [6.07, 6.45) is 2.68. The highest BCUT2D eigenvalue weighted by atomic mass is 16.6. The number of nitro benzene ring substituents is 1. The van der Waals surface area contributed by atoms with Gasteiger partial charge in [-0.1, -0.05) is 0 Å². The molecule has 2 aromatic rings. The number of aryl methyl sites for hydroxylation is 1. The Morgan fingerprint density at radius 1 is 1.39 bits per heavy atom. The van der Waals surface area contributed by atoms with E-state index in [-0.39, 0.29) is 5.69 Å². The number of aromatic nitrogens is 2. The van der Waals surface area contributed by atoms with Crippen LogP contribution in [0.25, 0.3) is 5.69 Å². The Morgan fingerprint density at radius 3 is 2.61 bits per heavy atom. The number of nitro groups is 1. The van der Waals surface area contributed by atoms with Crippen molar-refractivity contribution in [3.05, 3.63) is 51.8 Å². The number of rotatable bonds is 4. The van der Waals surface area contributed by atoms with Gasteiger partial charge in [0.25, 0.3) is 5.69 Å². The number of benzene rings is 1. The quantitative estimate of drug-likeness (QED) is 0.655. The molecule has 0 aliphatic carbocycles. The Balaban J connectivity index is 2.31. The average Bonchev–Trinajstić information content (AvgIpc) is 2.72. The number of hydrogen-bond acceptors (Lipinski definition) is 4. The predicted octanol–water partition coefficient (Wildman–Crippen LogP) is 1.59. The van der Waals surface area contributed by atoms with Crippen LogP contribution >= 0.6 is 0 Å². The van der Waals surface area contributed by atoms with E-state index in [1.54, 1.807) is 16.8 Å². The summed E-state index contributed by atoms with van der Waals surface area (Å²) in [6, 6.07) is 6.29. The summed E-state index contributed by atoms with van der Waals surface area (Å²) >= 11 is 0. The van der Waals surface area contributed by atoms with Crippen molar-refractivity contribution in [3.8, 4) is 5.69 Å². The molecule has 0 aliphatic heterocycles. The van der Waals surface area contributed by atoms with E-state index >= 15 is 0 Å². The summed E-state index contributed by atoms with van der Waals surface area (Å²) in [7, 11) is 0. The molecule has 0 saturated heterocycles. The second kappa shape index (κ2) is 4.97. The number of hydrogen-bond donors (Lipinski definition) is 1. The van der Waals surface area contributed by atoms with E-state index in [2.05, 4.69) is 5.10 Å². The Morgan fingerprint density at radius 2 is 2.06 bits per heavy atom. The molecular weight excluding hydrogens is 232 g/mol. The first-order valence-corrected chi connectivity index (χ1v) is 5.62. The van der Waals surface area contributed by atoms with Crippen molar-refractivity contribution in [1.82, 2.24) is 9.78 Å². The largest absolute Gasteiger partial charge is 0.330 e. The Kier molecular flexibility index (Phi) is 3.38. The first kappa shape index (κ1) is 12.3. The van der Waals surface area contributed by atoms with E-state index in [0.717, 1.165) is 23.4 Å². The lowest BCUT2D eigenvalue weighted by atomic mass is 10.2. The zero-order valence-electron chi connectivity index (χ0n) is 10.0. The minimum atomic E-state index is -0.419. The second-order valence-corrected chi connectivity index (χ2v) is 4.00. The molecule has 1 heterocycles. The highest BCUT2D eigenvalue weighted by Crippen LogP contribution is 2.16. The molecular formula is C12H14N4O2. The molecule has 0 spiro atoms. The second-order valence-electron chi connectivity index (χ2n) is 4.00. The summed E-state index contributed by atoms with van der Waals surface area (Å²) in [5.74, 6) is 0. The monoisotopic (exact) mass is 246 g/mol. The molecule has 94 valence electrons. The van der Waals surface area contributed by atoms with Crippen LogP contribution in [0.15, 0.2) is 30.5 Å². The Labute approximate surface area is 104 Å². The third-order valence-electron chi connectivity index (χ3n) is 2.74. The zero-order chi connectivity index (χ0) is 13.1. The molecule has 6 heteroatoms. The van der Waals surface area contributed by atoms with Crippen LogP contribution in [0.1, 0.15) is 11.3 Å². The molecule has 0 unspecified atom stereocenters. The van der Waals surface area contributed by atoms with Gasteiger partial charge in [-0.05, 0) is 37.6 Å². The smallest absolute Gasteiger partial charge is 0.269 e. The van der Waals surface area contributed by atoms with Crippen molar-refractivity contribution in [1.29, 1.82) is 0 Å². The minimum Gasteiger partial charge on any atom is -0.330 e. The number of non-ortho nitro benzene ring substituents is 1. The van der Waals surface area contributed by atoms with Gasteiger partial charge in [0.05, 0.1) is 16.3 Å². The van der Waals surface area contributed by atoms with Crippen LogP contribution in [-0.2, 0) is 6.42 Å². The standard InChI is InChI=1S/C12H14N4O2/c1-9-10(6-7-13)8-15(14-9)11-2-4-12(5-3-11)16(17)18/h2-5,8H,6-7,13H2,1H3. The molecule has 1 aromatic carbocycles. The minimum absolute atomic E-state index is 0.0739. The summed E-state index contributed by atoms with van der Waals surface area (Å²) in [6.45, 7) is 2.50. The molecule has 0 aliphatic rings. The molecule has 2 N–H and O–H groups in total. The van der Waals surface area contributed by atoms with Crippen LogP contribution in [0.4, 0.5) is 5.69 Å².